The molecule has 0 bridgehead atoms. The summed E-state index contributed by atoms with van der Waals surface area (Å²) in [7, 11) is 4.00. The maximum Gasteiger partial charge on any atom is 0.262 e. The van der Waals surface area contributed by atoms with Crippen molar-refractivity contribution in [3.63, 3.8) is 0 Å². The van der Waals surface area contributed by atoms with E-state index in [1.165, 1.54) is 0 Å². The molecular weight excluding hydrogens is 396 g/mol. The van der Waals surface area contributed by atoms with Gasteiger partial charge in [0.05, 0.1) is 22.4 Å². The highest BCUT2D eigenvalue weighted by molar-refractivity contribution is 6.16. The minimum Gasteiger partial charge on any atom is -0.378 e. The van der Waals surface area contributed by atoms with Gasteiger partial charge in [0, 0.05) is 36.1 Å². The SMILES string of the molecule is CN(C)c1ccc(N=Nc2ccc(C(=O)n3c4ccccc4c4ccccc43)cc2)cc1. The Morgan fingerprint density at radius 1 is 0.656 bits per heavy atom. The molecule has 5 rings (SSSR count). The van der Waals surface area contributed by atoms with Crippen LogP contribution in [0.25, 0.3) is 21.8 Å². The van der Waals surface area contributed by atoms with Crippen molar-refractivity contribution in [2.45, 2.75) is 0 Å². The molecule has 0 N–H and O–H groups in total. The number of hydrogen-bond acceptors (Lipinski definition) is 4. The van der Waals surface area contributed by atoms with Gasteiger partial charge in [0.25, 0.3) is 5.91 Å². The first-order valence-corrected chi connectivity index (χ1v) is 10.4. The molecule has 0 aliphatic rings. The number of para-hydroxylation sites is 2. The van der Waals surface area contributed by atoms with Crippen LogP contribution >= 0.6 is 0 Å². The average Bonchev–Trinajstić information content (AvgIpc) is 3.17. The minimum absolute atomic E-state index is 0.0647. The quantitative estimate of drug-likeness (QED) is 0.296. The molecule has 4 aromatic carbocycles. The summed E-state index contributed by atoms with van der Waals surface area (Å²) in [6.07, 6.45) is 0. The molecule has 0 aliphatic carbocycles. The minimum atomic E-state index is -0.0647. The first kappa shape index (κ1) is 19.7. The van der Waals surface area contributed by atoms with Crippen LogP contribution in [0.1, 0.15) is 10.4 Å². The van der Waals surface area contributed by atoms with E-state index in [2.05, 4.69) is 22.4 Å². The predicted octanol–water partition coefficient (Wildman–Crippen LogP) is 6.96. The molecule has 0 radical (unpaired) electrons. The maximum atomic E-state index is 13.4. The van der Waals surface area contributed by atoms with E-state index in [-0.39, 0.29) is 5.91 Å². The molecule has 0 atom stereocenters. The van der Waals surface area contributed by atoms with Crippen LogP contribution in [0, 0.1) is 0 Å². The highest BCUT2D eigenvalue weighted by Gasteiger charge is 2.16. The Morgan fingerprint density at radius 3 is 1.62 bits per heavy atom. The van der Waals surface area contributed by atoms with Crippen LogP contribution in [0.2, 0.25) is 0 Å². The number of aromatic nitrogens is 1. The summed E-state index contributed by atoms with van der Waals surface area (Å²) in [5, 5.41) is 10.7. The van der Waals surface area contributed by atoms with Gasteiger partial charge in [-0.2, -0.15) is 10.2 Å². The van der Waals surface area contributed by atoms with E-state index in [1.807, 2.05) is 91.8 Å². The van der Waals surface area contributed by atoms with Crippen LogP contribution in [0.5, 0.6) is 0 Å². The van der Waals surface area contributed by atoms with Crippen LogP contribution in [0.15, 0.2) is 107 Å². The van der Waals surface area contributed by atoms with Crippen LogP contribution in [-0.2, 0) is 0 Å². The van der Waals surface area contributed by atoms with E-state index in [4.69, 9.17) is 0 Å². The third-order valence-electron chi connectivity index (χ3n) is 5.54. The zero-order valence-corrected chi connectivity index (χ0v) is 17.9. The average molecular weight is 419 g/mol. The van der Waals surface area contributed by atoms with Crippen LogP contribution in [-0.4, -0.2) is 24.6 Å². The molecule has 5 aromatic rings. The second-order valence-electron chi connectivity index (χ2n) is 7.83. The molecule has 0 saturated carbocycles. The van der Waals surface area contributed by atoms with Gasteiger partial charge < -0.3 is 4.90 Å². The highest BCUT2D eigenvalue weighted by Crippen LogP contribution is 2.30. The van der Waals surface area contributed by atoms with Gasteiger partial charge in [-0.25, -0.2) is 0 Å². The van der Waals surface area contributed by atoms with E-state index in [1.54, 1.807) is 16.7 Å². The van der Waals surface area contributed by atoms with E-state index < -0.39 is 0 Å². The molecule has 0 amide bonds. The lowest BCUT2D eigenvalue weighted by atomic mass is 10.2. The fourth-order valence-electron chi connectivity index (χ4n) is 3.87. The lowest BCUT2D eigenvalue weighted by Gasteiger charge is -2.11. The molecule has 1 heterocycles. The Kier molecular flexibility index (Phi) is 5.00. The first-order chi connectivity index (χ1) is 15.6. The zero-order valence-electron chi connectivity index (χ0n) is 17.9. The number of fused-ring (bicyclic) bond motifs is 3. The standard InChI is InChI=1S/C27H22N4O/c1-30(2)22-17-15-21(16-18-22)29-28-20-13-11-19(12-14-20)27(32)31-25-9-5-3-7-23(25)24-8-4-6-10-26(24)31/h3-18H,1-2H3. The molecule has 5 heteroatoms. The first-order valence-electron chi connectivity index (χ1n) is 10.4. The van der Waals surface area contributed by atoms with Gasteiger partial charge in [0.15, 0.2) is 0 Å². The number of nitrogens with zero attached hydrogens (tertiary/aromatic N) is 4. The Labute approximate surface area is 186 Å². The second-order valence-corrected chi connectivity index (χ2v) is 7.83. The highest BCUT2D eigenvalue weighted by atomic mass is 16.2. The molecular formula is C27H22N4O. The van der Waals surface area contributed by atoms with Gasteiger partial charge in [-0.05, 0) is 60.7 Å². The number of hydrogen-bond donors (Lipinski definition) is 0. The maximum absolute atomic E-state index is 13.4. The third kappa shape index (κ3) is 3.54. The Morgan fingerprint density at radius 2 is 1.12 bits per heavy atom. The van der Waals surface area contributed by atoms with Crippen molar-refractivity contribution in [3.05, 3.63) is 103 Å². The fourth-order valence-corrected chi connectivity index (χ4v) is 3.87. The van der Waals surface area contributed by atoms with Crippen LogP contribution in [0.4, 0.5) is 17.1 Å². The smallest absolute Gasteiger partial charge is 0.262 e. The summed E-state index contributed by atoms with van der Waals surface area (Å²) in [6, 6.07) is 31.1. The van der Waals surface area contributed by atoms with Crippen molar-refractivity contribution in [2.24, 2.45) is 10.2 Å². The van der Waals surface area contributed by atoms with Crippen molar-refractivity contribution in [3.8, 4) is 0 Å². The largest absolute Gasteiger partial charge is 0.378 e. The molecule has 1 aromatic heterocycles. The van der Waals surface area contributed by atoms with Crippen LogP contribution < -0.4 is 4.90 Å². The molecule has 156 valence electrons. The van der Waals surface area contributed by atoms with Crippen molar-refractivity contribution in [2.75, 3.05) is 19.0 Å². The van der Waals surface area contributed by atoms with Crippen LogP contribution in [0.3, 0.4) is 0 Å². The van der Waals surface area contributed by atoms with E-state index in [9.17, 15) is 4.79 Å². The van der Waals surface area contributed by atoms with Gasteiger partial charge in [-0.15, -0.1) is 0 Å². The number of benzene rings is 4. The third-order valence-corrected chi connectivity index (χ3v) is 5.54. The van der Waals surface area contributed by atoms with E-state index >= 15 is 0 Å². The van der Waals surface area contributed by atoms with Crippen molar-refractivity contribution < 1.29 is 4.79 Å². The number of carbonyl (C=O) groups is 1. The number of carbonyl (C=O) groups excluding carboxylic acids is 1. The zero-order chi connectivity index (χ0) is 22.1. The monoisotopic (exact) mass is 418 g/mol. The van der Waals surface area contributed by atoms with Gasteiger partial charge >= 0.3 is 0 Å². The van der Waals surface area contributed by atoms with Crippen molar-refractivity contribution in [1.82, 2.24) is 4.57 Å². The molecule has 0 saturated heterocycles. The number of rotatable bonds is 4. The van der Waals surface area contributed by atoms with Gasteiger partial charge in [0.2, 0.25) is 0 Å². The molecule has 0 spiro atoms. The summed E-state index contributed by atoms with van der Waals surface area (Å²) in [5.74, 6) is -0.0647. The van der Waals surface area contributed by atoms with Gasteiger partial charge in [0.1, 0.15) is 0 Å². The molecule has 0 unspecified atom stereocenters. The summed E-state index contributed by atoms with van der Waals surface area (Å²) in [6.45, 7) is 0. The lowest BCUT2D eigenvalue weighted by molar-refractivity contribution is 0.0969. The molecule has 0 fully saturated rings. The van der Waals surface area contributed by atoms with Crippen molar-refractivity contribution >= 4 is 44.8 Å². The van der Waals surface area contributed by atoms with Gasteiger partial charge in [-0.1, -0.05) is 36.4 Å². The van der Waals surface area contributed by atoms with Gasteiger partial charge in [-0.3, -0.25) is 9.36 Å². The molecule has 5 nitrogen and oxygen atoms in total. The summed E-state index contributed by atoms with van der Waals surface area (Å²) >= 11 is 0. The van der Waals surface area contributed by atoms with Crippen molar-refractivity contribution in [1.29, 1.82) is 0 Å². The second kappa shape index (κ2) is 8.12. The molecule has 32 heavy (non-hydrogen) atoms. The predicted molar refractivity (Wildman–Crippen MR) is 131 cm³/mol. The topological polar surface area (TPSA) is 50.0 Å². The summed E-state index contributed by atoms with van der Waals surface area (Å²) in [5.41, 5.74) is 5.00. The Balaban J connectivity index is 1.44. The lowest BCUT2D eigenvalue weighted by Crippen LogP contribution is -2.11. The van der Waals surface area contributed by atoms with E-state index in [0.29, 0.717) is 11.3 Å². The fraction of sp³-hybridized carbons (Fsp3) is 0.0741. The molecule has 0 aliphatic heterocycles. The number of anilines is 1. The Bertz CT molecular complexity index is 1390. The normalized spacial score (nSPS) is 11.4. The summed E-state index contributed by atoms with van der Waals surface area (Å²) in [4.78, 5) is 15.5. The number of azo groups is 1. The Hall–Kier alpha value is -4.25. The summed E-state index contributed by atoms with van der Waals surface area (Å²) < 4.78 is 1.79. The van der Waals surface area contributed by atoms with E-state index in [0.717, 1.165) is 33.2 Å².